The lowest BCUT2D eigenvalue weighted by Gasteiger charge is -2.28. The van der Waals surface area contributed by atoms with Gasteiger partial charge in [0.05, 0.1) is 0 Å². The second-order valence-electron chi connectivity index (χ2n) is 5.35. The summed E-state index contributed by atoms with van der Waals surface area (Å²) in [6.45, 7) is 14.9. The van der Waals surface area contributed by atoms with Crippen molar-refractivity contribution in [3.05, 3.63) is 41.7 Å². The molecular formula is C17H27FN2. The van der Waals surface area contributed by atoms with Gasteiger partial charge in [-0.25, -0.2) is 4.39 Å². The fourth-order valence-corrected chi connectivity index (χ4v) is 2.32. The van der Waals surface area contributed by atoms with Crippen molar-refractivity contribution in [2.75, 3.05) is 24.5 Å². The number of nitrogens with one attached hydrogen (secondary N) is 1. The maximum Gasteiger partial charge on any atom is 0.123 e. The molecule has 0 saturated carbocycles. The topological polar surface area (TPSA) is 15.3 Å². The Bertz CT molecular complexity index is 443. The zero-order chi connectivity index (χ0) is 15.1. The SMILES string of the molecule is C=C(C)CN(CC)c1ccc(F)cc1C(C)NCCC. The zero-order valence-corrected chi connectivity index (χ0v) is 13.2. The highest BCUT2D eigenvalue weighted by Crippen LogP contribution is 2.28. The second kappa shape index (κ2) is 8.05. The minimum atomic E-state index is -0.180. The number of hydrogen-bond acceptors (Lipinski definition) is 2. The van der Waals surface area contributed by atoms with Gasteiger partial charge in [0.25, 0.3) is 0 Å². The second-order valence-corrected chi connectivity index (χ2v) is 5.35. The molecule has 2 nitrogen and oxygen atoms in total. The molecule has 0 aliphatic heterocycles. The Morgan fingerprint density at radius 3 is 2.65 bits per heavy atom. The number of rotatable bonds is 8. The van der Waals surface area contributed by atoms with Crippen molar-refractivity contribution in [2.45, 2.75) is 40.2 Å². The van der Waals surface area contributed by atoms with Crippen LogP contribution in [0.15, 0.2) is 30.4 Å². The van der Waals surface area contributed by atoms with Gasteiger partial charge in [-0.3, -0.25) is 0 Å². The highest BCUT2D eigenvalue weighted by Gasteiger charge is 2.15. The molecule has 0 aromatic heterocycles. The molecule has 0 aliphatic carbocycles. The number of likely N-dealkylation sites (N-methyl/N-ethyl adjacent to an activating group) is 1. The van der Waals surface area contributed by atoms with E-state index in [0.717, 1.165) is 42.9 Å². The average Bonchev–Trinajstić information content (AvgIpc) is 2.42. The van der Waals surface area contributed by atoms with Gasteiger partial charge in [-0.05, 0) is 57.5 Å². The summed E-state index contributed by atoms with van der Waals surface area (Å²) in [4.78, 5) is 2.24. The molecule has 20 heavy (non-hydrogen) atoms. The van der Waals surface area contributed by atoms with E-state index in [-0.39, 0.29) is 11.9 Å². The van der Waals surface area contributed by atoms with Crippen LogP contribution < -0.4 is 10.2 Å². The molecule has 1 unspecified atom stereocenters. The fourth-order valence-electron chi connectivity index (χ4n) is 2.32. The van der Waals surface area contributed by atoms with E-state index in [1.165, 1.54) is 6.07 Å². The van der Waals surface area contributed by atoms with E-state index in [0.29, 0.717) is 0 Å². The standard InChI is InChI=1S/C17H27FN2/c1-6-10-19-14(5)16-11-15(18)8-9-17(16)20(7-2)12-13(3)4/h8-9,11,14,19H,3,6-7,10,12H2,1-2,4-5H3. The van der Waals surface area contributed by atoms with E-state index in [1.54, 1.807) is 6.07 Å². The first-order valence-electron chi connectivity index (χ1n) is 7.41. The monoisotopic (exact) mass is 278 g/mol. The summed E-state index contributed by atoms with van der Waals surface area (Å²) in [5.74, 6) is -0.180. The van der Waals surface area contributed by atoms with Gasteiger partial charge in [0.15, 0.2) is 0 Å². The molecule has 1 aromatic rings. The van der Waals surface area contributed by atoms with Gasteiger partial charge in [0.1, 0.15) is 5.82 Å². The van der Waals surface area contributed by atoms with Crippen LogP contribution in [-0.4, -0.2) is 19.6 Å². The molecule has 0 heterocycles. The fraction of sp³-hybridized carbons (Fsp3) is 0.529. The van der Waals surface area contributed by atoms with E-state index in [1.807, 2.05) is 13.0 Å². The van der Waals surface area contributed by atoms with Crippen molar-refractivity contribution < 1.29 is 4.39 Å². The van der Waals surface area contributed by atoms with Crippen LogP contribution in [-0.2, 0) is 0 Å². The number of halogens is 1. The zero-order valence-electron chi connectivity index (χ0n) is 13.2. The van der Waals surface area contributed by atoms with Gasteiger partial charge < -0.3 is 10.2 Å². The molecule has 0 bridgehead atoms. The lowest BCUT2D eigenvalue weighted by molar-refractivity contribution is 0.561. The van der Waals surface area contributed by atoms with Crippen LogP contribution in [0.3, 0.4) is 0 Å². The van der Waals surface area contributed by atoms with Crippen LogP contribution in [0.2, 0.25) is 0 Å². The van der Waals surface area contributed by atoms with Gasteiger partial charge in [0.2, 0.25) is 0 Å². The molecule has 1 aromatic carbocycles. The van der Waals surface area contributed by atoms with E-state index in [9.17, 15) is 4.39 Å². The van der Waals surface area contributed by atoms with Crippen molar-refractivity contribution in [1.82, 2.24) is 5.32 Å². The molecule has 0 saturated heterocycles. The Hall–Kier alpha value is -1.35. The number of hydrogen-bond donors (Lipinski definition) is 1. The summed E-state index contributed by atoms with van der Waals surface area (Å²) in [6.07, 6.45) is 1.07. The molecular weight excluding hydrogens is 251 g/mol. The lowest BCUT2D eigenvalue weighted by Crippen LogP contribution is -2.28. The van der Waals surface area contributed by atoms with Gasteiger partial charge in [-0.2, -0.15) is 0 Å². The summed E-state index contributed by atoms with van der Waals surface area (Å²) in [5.41, 5.74) is 3.21. The maximum atomic E-state index is 13.6. The quantitative estimate of drug-likeness (QED) is 0.714. The van der Waals surface area contributed by atoms with Gasteiger partial charge in [0, 0.05) is 24.8 Å². The Morgan fingerprint density at radius 2 is 2.10 bits per heavy atom. The molecule has 0 aliphatic rings. The maximum absolute atomic E-state index is 13.6. The average molecular weight is 278 g/mol. The smallest absolute Gasteiger partial charge is 0.123 e. The third-order valence-corrected chi connectivity index (χ3v) is 3.34. The first kappa shape index (κ1) is 16.7. The molecule has 0 spiro atoms. The van der Waals surface area contributed by atoms with Crippen LogP contribution in [0.1, 0.15) is 45.7 Å². The van der Waals surface area contributed by atoms with Crippen LogP contribution in [0.5, 0.6) is 0 Å². The Kier molecular flexibility index (Phi) is 6.73. The van der Waals surface area contributed by atoms with Crippen molar-refractivity contribution >= 4 is 5.69 Å². The summed E-state index contributed by atoms with van der Waals surface area (Å²) in [6, 6.07) is 5.19. The summed E-state index contributed by atoms with van der Waals surface area (Å²) in [5, 5.41) is 3.43. The molecule has 1 rings (SSSR count). The Balaban J connectivity index is 3.07. The first-order chi connectivity index (χ1) is 9.49. The first-order valence-corrected chi connectivity index (χ1v) is 7.41. The van der Waals surface area contributed by atoms with E-state index in [2.05, 4.69) is 37.6 Å². The van der Waals surface area contributed by atoms with Crippen LogP contribution in [0.25, 0.3) is 0 Å². The molecule has 1 N–H and O–H groups in total. The predicted molar refractivity (Wildman–Crippen MR) is 85.8 cm³/mol. The molecule has 3 heteroatoms. The normalized spacial score (nSPS) is 12.2. The third-order valence-electron chi connectivity index (χ3n) is 3.34. The minimum absolute atomic E-state index is 0.139. The Morgan fingerprint density at radius 1 is 1.40 bits per heavy atom. The predicted octanol–water partition coefficient (Wildman–Crippen LogP) is 4.29. The lowest BCUT2D eigenvalue weighted by atomic mass is 10.0. The number of nitrogens with zero attached hydrogens (tertiary/aromatic N) is 1. The van der Waals surface area contributed by atoms with Crippen molar-refractivity contribution in [3.8, 4) is 0 Å². The summed E-state index contributed by atoms with van der Waals surface area (Å²) >= 11 is 0. The van der Waals surface area contributed by atoms with Crippen LogP contribution in [0, 0.1) is 5.82 Å². The highest BCUT2D eigenvalue weighted by molar-refractivity contribution is 5.56. The Labute approximate surface area is 122 Å². The van der Waals surface area contributed by atoms with Crippen LogP contribution in [0.4, 0.5) is 10.1 Å². The molecule has 0 radical (unpaired) electrons. The summed E-state index contributed by atoms with van der Waals surface area (Å²) < 4.78 is 13.6. The van der Waals surface area contributed by atoms with E-state index < -0.39 is 0 Å². The van der Waals surface area contributed by atoms with Gasteiger partial charge in [-0.15, -0.1) is 0 Å². The van der Waals surface area contributed by atoms with E-state index >= 15 is 0 Å². The van der Waals surface area contributed by atoms with Gasteiger partial charge >= 0.3 is 0 Å². The van der Waals surface area contributed by atoms with Crippen LogP contribution >= 0.6 is 0 Å². The molecule has 112 valence electrons. The molecule has 0 amide bonds. The summed E-state index contributed by atoms with van der Waals surface area (Å²) in [7, 11) is 0. The number of benzene rings is 1. The van der Waals surface area contributed by atoms with Crippen molar-refractivity contribution in [2.24, 2.45) is 0 Å². The number of anilines is 1. The molecule has 1 atom stereocenters. The highest BCUT2D eigenvalue weighted by atomic mass is 19.1. The van der Waals surface area contributed by atoms with Crippen molar-refractivity contribution in [3.63, 3.8) is 0 Å². The largest absolute Gasteiger partial charge is 0.368 e. The third kappa shape index (κ3) is 4.64. The van der Waals surface area contributed by atoms with Gasteiger partial charge in [-0.1, -0.05) is 19.1 Å². The van der Waals surface area contributed by atoms with E-state index in [4.69, 9.17) is 0 Å². The molecule has 0 fully saturated rings. The van der Waals surface area contributed by atoms with Crippen molar-refractivity contribution in [1.29, 1.82) is 0 Å². The minimum Gasteiger partial charge on any atom is -0.368 e.